The van der Waals surface area contributed by atoms with E-state index in [2.05, 4.69) is 0 Å². The van der Waals surface area contributed by atoms with E-state index in [9.17, 15) is 14.7 Å². The van der Waals surface area contributed by atoms with Crippen molar-refractivity contribution in [2.75, 3.05) is 0 Å². The van der Waals surface area contributed by atoms with Crippen molar-refractivity contribution in [3.63, 3.8) is 0 Å². The van der Waals surface area contributed by atoms with E-state index in [-0.39, 0.29) is 11.6 Å². The van der Waals surface area contributed by atoms with Gasteiger partial charge in [0, 0.05) is 11.5 Å². The molecule has 1 atom stereocenters. The van der Waals surface area contributed by atoms with Crippen LogP contribution in [0.2, 0.25) is 0 Å². The zero-order valence-corrected chi connectivity index (χ0v) is 13.9. The minimum Gasteiger partial charge on any atom is -0.478 e. The second-order valence-electron chi connectivity index (χ2n) is 6.06. The highest BCUT2D eigenvalue weighted by atomic mass is 16.4. The molecule has 4 heteroatoms. The normalized spacial score (nSPS) is 12.3. The summed E-state index contributed by atoms with van der Waals surface area (Å²) in [4.78, 5) is 24.1. The number of pyridine rings is 1. The van der Waals surface area contributed by atoms with Gasteiger partial charge in [-0.25, -0.2) is 4.79 Å². The standard InChI is InChI=1S/C20H19NO3/c1-12-11-17-16(13(2)19(12)20(23)24)9-10-18(22)21(17)14(3)15-7-5-4-6-8-15/h4-11,14H,1-3H3,(H,23,24). The molecule has 0 radical (unpaired) electrons. The lowest BCUT2D eigenvalue weighted by Gasteiger charge is -2.20. The lowest BCUT2D eigenvalue weighted by atomic mass is 9.97. The second kappa shape index (κ2) is 5.96. The van der Waals surface area contributed by atoms with Gasteiger partial charge in [0.05, 0.1) is 17.1 Å². The molecular formula is C20H19NO3. The van der Waals surface area contributed by atoms with Crippen molar-refractivity contribution in [2.45, 2.75) is 26.8 Å². The maximum absolute atomic E-state index is 12.5. The molecule has 0 amide bonds. The quantitative estimate of drug-likeness (QED) is 0.795. The monoisotopic (exact) mass is 321 g/mol. The number of carboxylic acids is 1. The number of carbonyl (C=O) groups is 1. The van der Waals surface area contributed by atoms with E-state index in [4.69, 9.17) is 0 Å². The Bertz CT molecular complexity index is 987. The van der Waals surface area contributed by atoms with Crippen LogP contribution in [0.4, 0.5) is 0 Å². The van der Waals surface area contributed by atoms with Crippen LogP contribution in [0.5, 0.6) is 0 Å². The van der Waals surface area contributed by atoms with E-state index in [0.717, 1.165) is 16.5 Å². The first-order valence-electron chi connectivity index (χ1n) is 7.85. The van der Waals surface area contributed by atoms with Gasteiger partial charge in [-0.2, -0.15) is 0 Å². The molecule has 0 saturated heterocycles. The minimum atomic E-state index is -0.944. The maximum Gasteiger partial charge on any atom is 0.336 e. The van der Waals surface area contributed by atoms with Gasteiger partial charge in [-0.05, 0) is 49.6 Å². The van der Waals surface area contributed by atoms with Crippen molar-refractivity contribution >= 4 is 16.9 Å². The van der Waals surface area contributed by atoms with Crippen molar-refractivity contribution in [1.82, 2.24) is 4.57 Å². The summed E-state index contributed by atoms with van der Waals surface area (Å²) >= 11 is 0. The molecule has 0 spiro atoms. The fourth-order valence-corrected chi connectivity index (χ4v) is 3.35. The van der Waals surface area contributed by atoms with E-state index in [1.54, 1.807) is 30.5 Å². The Kier molecular flexibility index (Phi) is 3.97. The first-order valence-corrected chi connectivity index (χ1v) is 7.85. The highest BCUT2D eigenvalue weighted by Crippen LogP contribution is 2.27. The third-order valence-corrected chi connectivity index (χ3v) is 4.58. The molecule has 1 heterocycles. The van der Waals surface area contributed by atoms with Crippen LogP contribution in [0.1, 0.15) is 40.0 Å². The number of aromatic nitrogens is 1. The van der Waals surface area contributed by atoms with Crippen molar-refractivity contribution < 1.29 is 9.90 Å². The number of hydrogen-bond donors (Lipinski definition) is 1. The van der Waals surface area contributed by atoms with Crippen LogP contribution in [0.3, 0.4) is 0 Å². The van der Waals surface area contributed by atoms with Crippen LogP contribution in [0, 0.1) is 13.8 Å². The van der Waals surface area contributed by atoms with Crippen molar-refractivity contribution in [3.05, 3.63) is 81.1 Å². The third-order valence-electron chi connectivity index (χ3n) is 4.58. The molecular weight excluding hydrogens is 302 g/mol. The molecule has 1 unspecified atom stereocenters. The van der Waals surface area contributed by atoms with Crippen LogP contribution in [-0.4, -0.2) is 15.6 Å². The molecule has 0 aliphatic heterocycles. The van der Waals surface area contributed by atoms with E-state index in [1.165, 1.54) is 6.07 Å². The zero-order chi connectivity index (χ0) is 17.4. The molecule has 24 heavy (non-hydrogen) atoms. The molecule has 0 saturated carbocycles. The van der Waals surface area contributed by atoms with Crippen molar-refractivity contribution in [3.8, 4) is 0 Å². The smallest absolute Gasteiger partial charge is 0.336 e. The summed E-state index contributed by atoms with van der Waals surface area (Å²) < 4.78 is 1.73. The number of hydrogen-bond acceptors (Lipinski definition) is 2. The summed E-state index contributed by atoms with van der Waals surface area (Å²) in [6.45, 7) is 5.54. The second-order valence-corrected chi connectivity index (χ2v) is 6.06. The Morgan fingerprint density at radius 1 is 1.08 bits per heavy atom. The SMILES string of the molecule is Cc1cc2c(ccc(=O)n2C(C)c2ccccc2)c(C)c1C(=O)O. The van der Waals surface area contributed by atoms with Crippen LogP contribution in [0.15, 0.2) is 53.3 Å². The predicted octanol–water partition coefficient (Wildman–Crippen LogP) is 3.93. The van der Waals surface area contributed by atoms with Crippen LogP contribution < -0.4 is 5.56 Å². The number of aryl methyl sites for hydroxylation is 2. The Labute approximate surface area is 140 Å². The van der Waals surface area contributed by atoms with E-state index < -0.39 is 5.97 Å². The van der Waals surface area contributed by atoms with Gasteiger partial charge in [0.1, 0.15) is 0 Å². The van der Waals surface area contributed by atoms with Gasteiger partial charge in [-0.15, -0.1) is 0 Å². The lowest BCUT2D eigenvalue weighted by molar-refractivity contribution is 0.0695. The largest absolute Gasteiger partial charge is 0.478 e. The van der Waals surface area contributed by atoms with E-state index in [1.807, 2.05) is 37.3 Å². The molecule has 0 bridgehead atoms. The van der Waals surface area contributed by atoms with Crippen molar-refractivity contribution in [1.29, 1.82) is 0 Å². The fraction of sp³-hybridized carbons (Fsp3) is 0.200. The zero-order valence-electron chi connectivity index (χ0n) is 13.9. The summed E-state index contributed by atoms with van der Waals surface area (Å²) in [5.41, 5.74) is 3.35. The Morgan fingerprint density at radius 3 is 2.38 bits per heavy atom. The molecule has 1 N–H and O–H groups in total. The molecule has 0 fully saturated rings. The molecule has 0 aliphatic rings. The summed E-state index contributed by atoms with van der Waals surface area (Å²) in [7, 11) is 0. The van der Waals surface area contributed by atoms with Crippen molar-refractivity contribution in [2.24, 2.45) is 0 Å². The van der Waals surface area contributed by atoms with Crippen LogP contribution in [0.25, 0.3) is 10.9 Å². The van der Waals surface area contributed by atoms with Gasteiger partial charge in [-0.1, -0.05) is 30.3 Å². The Morgan fingerprint density at radius 2 is 1.75 bits per heavy atom. The minimum absolute atomic E-state index is 0.0965. The number of rotatable bonds is 3. The fourth-order valence-electron chi connectivity index (χ4n) is 3.35. The Balaban J connectivity index is 2.35. The van der Waals surface area contributed by atoms with Gasteiger partial charge >= 0.3 is 5.97 Å². The molecule has 4 nitrogen and oxygen atoms in total. The molecule has 3 aromatic rings. The van der Waals surface area contributed by atoms with Gasteiger partial charge in [0.2, 0.25) is 0 Å². The number of benzene rings is 2. The number of aromatic carboxylic acids is 1. The van der Waals surface area contributed by atoms with E-state index in [0.29, 0.717) is 16.7 Å². The molecule has 122 valence electrons. The lowest BCUT2D eigenvalue weighted by Crippen LogP contribution is -2.24. The average molecular weight is 321 g/mol. The summed E-state index contributed by atoms with van der Waals surface area (Å²) in [5, 5.41) is 10.2. The van der Waals surface area contributed by atoms with Crippen LogP contribution in [-0.2, 0) is 0 Å². The number of nitrogens with zero attached hydrogens (tertiary/aromatic N) is 1. The highest BCUT2D eigenvalue weighted by Gasteiger charge is 2.18. The number of carboxylic acid groups (broad SMARTS) is 1. The van der Waals surface area contributed by atoms with Crippen LogP contribution >= 0.6 is 0 Å². The summed E-state index contributed by atoms with van der Waals surface area (Å²) in [6, 6.07) is 14.7. The topological polar surface area (TPSA) is 59.3 Å². The molecule has 1 aromatic heterocycles. The number of fused-ring (bicyclic) bond motifs is 1. The molecule has 2 aromatic carbocycles. The predicted molar refractivity (Wildman–Crippen MR) is 94.9 cm³/mol. The maximum atomic E-state index is 12.5. The van der Waals surface area contributed by atoms with Gasteiger partial charge in [0.25, 0.3) is 5.56 Å². The van der Waals surface area contributed by atoms with E-state index >= 15 is 0 Å². The Hall–Kier alpha value is -2.88. The van der Waals surface area contributed by atoms with Gasteiger partial charge in [-0.3, -0.25) is 4.79 Å². The summed E-state index contributed by atoms with van der Waals surface area (Å²) in [6.07, 6.45) is 0. The van der Waals surface area contributed by atoms with Gasteiger partial charge in [0.15, 0.2) is 0 Å². The highest BCUT2D eigenvalue weighted by molar-refractivity contribution is 5.98. The first kappa shape index (κ1) is 16.0. The summed E-state index contributed by atoms with van der Waals surface area (Å²) in [5.74, 6) is -0.944. The molecule has 3 rings (SSSR count). The third kappa shape index (κ3) is 2.50. The molecule has 0 aliphatic carbocycles. The first-order chi connectivity index (χ1) is 11.4. The average Bonchev–Trinajstić information content (AvgIpc) is 2.54. The van der Waals surface area contributed by atoms with Gasteiger partial charge < -0.3 is 9.67 Å².